The first-order chi connectivity index (χ1) is 24.0. The van der Waals surface area contributed by atoms with Crippen molar-refractivity contribution in [3.63, 3.8) is 0 Å². The Bertz CT molecular complexity index is 2160. The van der Waals surface area contributed by atoms with Gasteiger partial charge in [-0.15, -0.1) is 0 Å². The first-order valence-electron chi connectivity index (χ1n) is 17.3. The maximum atomic E-state index is 13.5. The molecule has 4 nitrogen and oxygen atoms in total. The monoisotopic (exact) mass is 641 g/mol. The number of aryl methyl sites for hydroxylation is 1. The van der Waals surface area contributed by atoms with Crippen molar-refractivity contribution < 1.29 is 14.3 Å². The summed E-state index contributed by atoms with van der Waals surface area (Å²) in [6, 6.07) is 44.7. The number of fused-ring (bicyclic) bond motifs is 3. The lowest BCUT2D eigenvalue weighted by molar-refractivity contribution is 0.0525. The number of rotatable bonds is 7. The fourth-order valence-electron chi connectivity index (χ4n) is 7.28. The molecule has 49 heavy (non-hydrogen) atoms. The lowest BCUT2D eigenvalue weighted by Crippen LogP contribution is -2.34. The minimum absolute atomic E-state index is 0.293. The second-order valence-corrected chi connectivity index (χ2v) is 13.0. The Kier molecular flexibility index (Phi) is 8.01. The van der Waals surface area contributed by atoms with E-state index in [0.717, 1.165) is 51.7 Å². The Morgan fingerprint density at radius 2 is 1.35 bits per heavy atom. The van der Waals surface area contributed by atoms with E-state index >= 15 is 0 Å². The van der Waals surface area contributed by atoms with Crippen LogP contribution in [0.4, 0.5) is 5.69 Å². The van der Waals surface area contributed by atoms with Crippen molar-refractivity contribution in [1.82, 2.24) is 0 Å². The van der Waals surface area contributed by atoms with Gasteiger partial charge in [0.2, 0.25) is 0 Å². The molecule has 6 aromatic rings. The quantitative estimate of drug-likeness (QED) is 0.163. The zero-order chi connectivity index (χ0) is 33.4. The SMILES string of the molecule is CCOC(=O)c1cc2cc(-c3ccc(-c4ccc(C)cc4)cc3)ccc2c2c1C=CC(c1ccccc1)(c1ccc(N3CCCC3)cc1)O2. The van der Waals surface area contributed by atoms with E-state index in [0.29, 0.717) is 17.9 Å². The highest BCUT2D eigenvalue weighted by Crippen LogP contribution is 2.47. The van der Waals surface area contributed by atoms with Crippen LogP contribution in [0.5, 0.6) is 5.75 Å². The van der Waals surface area contributed by atoms with Gasteiger partial charge in [-0.1, -0.05) is 109 Å². The van der Waals surface area contributed by atoms with E-state index in [1.165, 1.54) is 35.2 Å². The number of carbonyl (C=O) groups is 1. The summed E-state index contributed by atoms with van der Waals surface area (Å²) >= 11 is 0. The molecule has 1 atom stereocenters. The molecule has 0 bridgehead atoms. The lowest BCUT2D eigenvalue weighted by atomic mass is 9.82. The van der Waals surface area contributed by atoms with Crippen LogP contribution >= 0.6 is 0 Å². The Morgan fingerprint density at radius 1 is 0.735 bits per heavy atom. The molecule has 1 unspecified atom stereocenters. The van der Waals surface area contributed by atoms with E-state index in [9.17, 15) is 4.79 Å². The van der Waals surface area contributed by atoms with Crippen molar-refractivity contribution in [3.8, 4) is 28.0 Å². The van der Waals surface area contributed by atoms with Crippen LogP contribution in [0.3, 0.4) is 0 Å². The van der Waals surface area contributed by atoms with Crippen LogP contribution in [-0.2, 0) is 10.3 Å². The Balaban J connectivity index is 1.24. The molecule has 2 heterocycles. The number of hydrogen-bond acceptors (Lipinski definition) is 4. The van der Waals surface area contributed by atoms with Crippen molar-refractivity contribution in [2.45, 2.75) is 32.3 Å². The Hall–Kier alpha value is -5.61. The van der Waals surface area contributed by atoms with Crippen LogP contribution in [0.1, 0.15) is 52.4 Å². The fraction of sp³-hybridized carbons (Fsp3) is 0.178. The van der Waals surface area contributed by atoms with Crippen molar-refractivity contribution in [2.75, 3.05) is 24.6 Å². The maximum Gasteiger partial charge on any atom is 0.338 e. The molecular formula is C45H39NO3. The van der Waals surface area contributed by atoms with Gasteiger partial charge in [0.15, 0.2) is 5.60 Å². The third-order valence-electron chi connectivity index (χ3n) is 9.95. The van der Waals surface area contributed by atoms with Crippen LogP contribution in [-0.4, -0.2) is 25.7 Å². The van der Waals surface area contributed by atoms with Gasteiger partial charge in [0.1, 0.15) is 5.75 Å². The molecular weight excluding hydrogens is 602 g/mol. The molecule has 1 fully saturated rings. The minimum atomic E-state index is -0.886. The Labute approximate surface area is 288 Å². The molecule has 0 aromatic heterocycles. The Morgan fingerprint density at radius 3 is 2.02 bits per heavy atom. The number of anilines is 1. The predicted octanol–water partition coefficient (Wildman–Crippen LogP) is 10.6. The first-order valence-corrected chi connectivity index (χ1v) is 17.3. The van der Waals surface area contributed by atoms with Gasteiger partial charge in [0.05, 0.1) is 12.2 Å². The minimum Gasteiger partial charge on any atom is -0.472 e. The molecule has 0 aliphatic carbocycles. The van der Waals surface area contributed by atoms with E-state index in [1.54, 1.807) is 0 Å². The number of ether oxygens (including phenoxy) is 2. The van der Waals surface area contributed by atoms with E-state index in [-0.39, 0.29) is 5.97 Å². The van der Waals surface area contributed by atoms with Crippen molar-refractivity contribution in [1.29, 1.82) is 0 Å². The zero-order valence-corrected chi connectivity index (χ0v) is 28.0. The molecule has 2 aliphatic rings. The molecule has 242 valence electrons. The molecule has 0 radical (unpaired) electrons. The fourth-order valence-corrected chi connectivity index (χ4v) is 7.28. The topological polar surface area (TPSA) is 38.8 Å². The second-order valence-electron chi connectivity index (χ2n) is 13.0. The third-order valence-corrected chi connectivity index (χ3v) is 9.95. The molecule has 0 saturated carbocycles. The van der Waals surface area contributed by atoms with Crippen LogP contribution in [0.25, 0.3) is 39.1 Å². The van der Waals surface area contributed by atoms with Gasteiger partial charge < -0.3 is 14.4 Å². The second kappa shape index (κ2) is 12.8. The highest BCUT2D eigenvalue weighted by Gasteiger charge is 2.39. The first kappa shape index (κ1) is 30.7. The van der Waals surface area contributed by atoms with Crippen LogP contribution in [0, 0.1) is 6.92 Å². The van der Waals surface area contributed by atoms with Crippen LogP contribution in [0.2, 0.25) is 0 Å². The normalized spacial score (nSPS) is 16.7. The van der Waals surface area contributed by atoms with Gasteiger partial charge in [0, 0.05) is 40.9 Å². The molecule has 0 amide bonds. The van der Waals surface area contributed by atoms with E-state index < -0.39 is 5.60 Å². The molecule has 0 N–H and O–H groups in total. The average Bonchev–Trinajstić information content (AvgIpc) is 3.70. The molecule has 8 rings (SSSR count). The van der Waals surface area contributed by atoms with Gasteiger partial charge in [-0.3, -0.25) is 0 Å². The van der Waals surface area contributed by atoms with Gasteiger partial charge in [-0.25, -0.2) is 4.79 Å². The standard InChI is InChI=1S/C45H39NO3/c1-3-48-44(47)42-30-36-29-35(34-17-15-33(16-18-34)32-13-11-31(2)12-14-32)19-24-40(36)43-41(42)25-26-45(49-43,37-9-5-4-6-10-37)38-20-22-39(23-21-38)46-27-7-8-28-46/h4-6,9-26,29-30H,3,7-8,27-28H2,1-2H3. The van der Waals surface area contributed by atoms with E-state index in [1.807, 2.05) is 37.3 Å². The van der Waals surface area contributed by atoms with Crippen LogP contribution in [0.15, 0.2) is 133 Å². The van der Waals surface area contributed by atoms with Gasteiger partial charge >= 0.3 is 5.97 Å². The smallest absolute Gasteiger partial charge is 0.338 e. The maximum absolute atomic E-state index is 13.5. The summed E-state index contributed by atoms with van der Waals surface area (Å²) in [5, 5.41) is 1.87. The van der Waals surface area contributed by atoms with Gasteiger partial charge in [-0.05, 0) is 90.7 Å². The van der Waals surface area contributed by atoms with Gasteiger partial charge in [-0.2, -0.15) is 0 Å². The molecule has 0 spiro atoms. The van der Waals surface area contributed by atoms with E-state index in [4.69, 9.17) is 9.47 Å². The largest absolute Gasteiger partial charge is 0.472 e. The predicted molar refractivity (Wildman–Crippen MR) is 200 cm³/mol. The van der Waals surface area contributed by atoms with Crippen molar-refractivity contribution in [2.24, 2.45) is 0 Å². The summed E-state index contributed by atoms with van der Waals surface area (Å²) < 4.78 is 12.8. The molecule has 6 aromatic carbocycles. The number of benzene rings is 6. The summed E-state index contributed by atoms with van der Waals surface area (Å²) in [5.74, 6) is 0.320. The van der Waals surface area contributed by atoms with Crippen molar-refractivity contribution in [3.05, 3.63) is 161 Å². The third kappa shape index (κ3) is 5.67. The van der Waals surface area contributed by atoms with E-state index in [2.05, 4.69) is 121 Å². The highest BCUT2D eigenvalue weighted by molar-refractivity contribution is 6.05. The number of nitrogens with zero attached hydrogens (tertiary/aromatic N) is 1. The summed E-state index contributed by atoms with van der Waals surface area (Å²) in [5.41, 5.74) is 9.42. The zero-order valence-electron chi connectivity index (χ0n) is 28.0. The number of hydrogen-bond donors (Lipinski definition) is 0. The average molecular weight is 642 g/mol. The number of esters is 1. The molecule has 2 aliphatic heterocycles. The summed E-state index contributed by atoms with van der Waals surface area (Å²) in [4.78, 5) is 15.9. The van der Waals surface area contributed by atoms with Crippen LogP contribution < -0.4 is 9.64 Å². The summed E-state index contributed by atoms with van der Waals surface area (Å²) in [7, 11) is 0. The highest BCUT2D eigenvalue weighted by atomic mass is 16.5. The summed E-state index contributed by atoms with van der Waals surface area (Å²) in [6.45, 7) is 6.42. The lowest BCUT2D eigenvalue weighted by Gasteiger charge is -2.37. The molecule has 1 saturated heterocycles. The van der Waals surface area contributed by atoms with Gasteiger partial charge in [0.25, 0.3) is 0 Å². The van der Waals surface area contributed by atoms with Crippen molar-refractivity contribution >= 4 is 28.5 Å². The summed E-state index contributed by atoms with van der Waals surface area (Å²) in [6.07, 6.45) is 6.60. The number of carbonyl (C=O) groups excluding carboxylic acids is 1. The molecule has 4 heteroatoms.